The fraction of sp³-hybridized carbons (Fsp3) is 0.238. The summed E-state index contributed by atoms with van der Waals surface area (Å²) in [5.41, 5.74) is 3.85. The van der Waals surface area contributed by atoms with E-state index in [1.807, 2.05) is 18.3 Å². The molecule has 1 aromatic heterocycles. The van der Waals surface area contributed by atoms with Crippen molar-refractivity contribution < 1.29 is 0 Å². The van der Waals surface area contributed by atoms with Crippen LogP contribution in [0.2, 0.25) is 0 Å². The summed E-state index contributed by atoms with van der Waals surface area (Å²) in [6.45, 7) is 3.05. The Balaban J connectivity index is 1.62. The molecule has 0 fully saturated rings. The maximum atomic E-state index is 4.84. The van der Waals surface area contributed by atoms with Gasteiger partial charge in [-0.15, -0.1) is 0 Å². The van der Waals surface area contributed by atoms with Gasteiger partial charge in [0.1, 0.15) is 5.82 Å². The number of aromatic nitrogens is 2. The first-order valence-corrected chi connectivity index (χ1v) is 8.67. The van der Waals surface area contributed by atoms with E-state index in [1.165, 1.54) is 16.8 Å². The monoisotopic (exact) mass is 330 g/mol. The van der Waals surface area contributed by atoms with Crippen LogP contribution in [0.4, 0.5) is 17.5 Å². The van der Waals surface area contributed by atoms with E-state index in [2.05, 4.69) is 77.3 Å². The Morgan fingerprint density at radius 1 is 1.04 bits per heavy atom. The van der Waals surface area contributed by atoms with Gasteiger partial charge in [-0.3, -0.25) is 0 Å². The highest BCUT2D eigenvalue weighted by Crippen LogP contribution is 2.36. The molecule has 0 radical (unpaired) electrons. The van der Waals surface area contributed by atoms with Crippen LogP contribution in [0.1, 0.15) is 18.1 Å². The largest absolute Gasteiger partial charge is 0.355 e. The van der Waals surface area contributed by atoms with Crippen LogP contribution < -0.4 is 9.80 Å². The van der Waals surface area contributed by atoms with Gasteiger partial charge >= 0.3 is 0 Å². The molecule has 0 amide bonds. The average molecular weight is 330 g/mol. The lowest BCUT2D eigenvalue weighted by molar-refractivity contribution is 0.737. The molecular weight excluding hydrogens is 308 g/mol. The molecule has 1 aliphatic rings. The minimum absolute atomic E-state index is 0.368. The number of fused-ring (bicyclic) bond motifs is 1. The molecule has 126 valence electrons. The maximum Gasteiger partial charge on any atom is 0.232 e. The van der Waals surface area contributed by atoms with E-state index < -0.39 is 0 Å². The van der Waals surface area contributed by atoms with Gasteiger partial charge < -0.3 is 9.80 Å². The molecule has 0 bridgehead atoms. The van der Waals surface area contributed by atoms with Gasteiger partial charge in [0.15, 0.2) is 0 Å². The Bertz CT molecular complexity index is 863. The van der Waals surface area contributed by atoms with Crippen LogP contribution >= 0.6 is 0 Å². The Kier molecular flexibility index (Phi) is 4.10. The topological polar surface area (TPSA) is 32.3 Å². The quantitative estimate of drug-likeness (QED) is 0.718. The van der Waals surface area contributed by atoms with Crippen molar-refractivity contribution in [2.24, 2.45) is 0 Å². The fourth-order valence-corrected chi connectivity index (χ4v) is 3.48. The summed E-state index contributed by atoms with van der Waals surface area (Å²) in [5, 5.41) is 0. The van der Waals surface area contributed by atoms with Crippen molar-refractivity contribution in [3.63, 3.8) is 0 Å². The second-order valence-electron chi connectivity index (χ2n) is 6.61. The molecule has 0 N–H and O–H groups in total. The van der Waals surface area contributed by atoms with Crippen LogP contribution in [-0.4, -0.2) is 23.1 Å². The summed E-state index contributed by atoms with van der Waals surface area (Å²) in [5.74, 6) is 1.71. The number of nitrogens with zero attached hydrogens (tertiary/aromatic N) is 4. The van der Waals surface area contributed by atoms with E-state index in [9.17, 15) is 0 Å². The van der Waals surface area contributed by atoms with E-state index in [4.69, 9.17) is 4.98 Å². The van der Waals surface area contributed by atoms with Gasteiger partial charge in [0.2, 0.25) is 5.95 Å². The van der Waals surface area contributed by atoms with E-state index in [0.29, 0.717) is 6.04 Å². The van der Waals surface area contributed by atoms with Gasteiger partial charge in [0, 0.05) is 31.5 Å². The van der Waals surface area contributed by atoms with Gasteiger partial charge in [-0.05, 0) is 36.6 Å². The molecule has 0 spiro atoms. The SMILES string of the molecule is CC1Cc2ccccc2N1c1nccc(N(C)Cc2ccccc2)n1. The van der Waals surface area contributed by atoms with Crippen LogP contribution in [0.15, 0.2) is 66.9 Å². The summed E-state index contributed by atoms with van der Waals surface area (Å²) in [4.78, 5) is 13.8. The van der Waals surface area contributed by atoms with Crippen LogP contribution in [0.25, 0.3) is 0 Å². The molecule has 0 saturated heterocycles. The minimum Gasteiger partial charge on any atom is -0.355 e. The van der Waals surface area contributed by atoms with Crippen molar-refractivity contribution >= 4 is 17.5 Å². The lowest BCUT2D eigenvalue weighted by Gasteiger charge is -2.25. The first-order chi connectivity index (χ1) is 12.2. The number of para-hydroxylation sites is 1. The van der Waals surface area contributed by atoms with Crippen LogP contribution in [0.5, 0.6) is 0 Å². The van der Waals surface area contributed by atoms with Crippen molar-refractivity contribution in [3.8, 4) is 0 Å². The van der Waals surface area contributed by atoms with Gasteiger partial charge in [0.25, 0.3) is 0 Å². The van der Waals surface area contributed by atoms with E-state index in [1.54, 1.807) is 0 Å². The molecule has 1 atom stereocenters. The molecule has 2 aromatic carbocycles. The molecular formula is C21H22N4. The Morgan fingerprint density at radius 2 is 1.80 bits per heavy atom. The number of rotatable bonds is 4. The second-order valence-corrected chi connectivity index (χ2v) is 6.61. The zero-order valence-electron chi connectivity index (χ0n) is 14.6. The molecule has 4 nitrogen and oxygen atoms in total. The molecule has 1 unspecified atom stereocenters. The molecule has 3 aromatic rings. The van der Waals surface area contributed by atoms with E-state index in [-0.39, 0.29) is 0 Å². The molecule has 25 heavy (non-hydrogen) atoms. The highest BCUT2D eigenvalue weighted by molar-refractivity contribution is 5.67. The standard InChI is InChI=1S/C21H22N4/c1-16-14-18-10-6-7-11-19(18)25(16)21-22-13-12-20(23-21)24(2)15-17-8-4-3-5-9-17/h3-13,16H,14-15H2,1-2H3. The minimum atomic E-state index is 0.368. The first-order valence-electron chi connectivity index (χ1n) is 8.67. The number of hydrogen-bond acceptors (Lipinski definition) is 4. The zero-order valence-corrected chi connectivity index (χ0v) is 14.6. The van der Waals surface area contributed by atoms with Crippen molar-refractivity contribution in [3.05, 3.63) is 78.0 Å². The van der Waals surface area contributed by atoms with E-state index in [0.717, 1.165) is 24.7 Å². The predicted octanol–water partition coefficient (Wildman–Crippen LogP) is 4.20. The normalized spacial score (nSPS) is 15.9. The third-order valence-electron chi connectivity index (χ3n) is 4.70. The summed E-state index contributed by atoms with van der Waals surface area (Å²) in [6, 6.07) is 21.3. The van der Waals surface area contributed by atoms with Crippen LogP contribution in [-0.2, 0) is 13.0 Å². The highest BCUT2D eigenvalue weighted by Gasteiger charge is 2.28. The van der Waals surface area contributed by atoms with Crippen molar-refractivity contribution in [1.29, 1.82) is 0 Å². The lowest BCUT2D eigenvalue weighted by atomic mass is 10.1. The molecule has 0 saturated carbocycles. The summed E-state index contributed by atoms with van der Waals surface area (Å²) in [6.07, 6.45) is 2.89. The Labute approximate surface area is 148 Å². The van der Waals surface area contributed by atoms with Gasteiger partial charge in [0.05, 0.1) is 0 Å². The molecule has 2 heterocycles. The van der Waals surface area contributed by atoms with Gasteiger partial charge in [-0.1, -0.05) is 48.5 Å². The Morgan fingerprint density at radius 3 is 2.64 bits per heavy atom. The predicted molar refractivity (Wildman–Crippen MR) is 102 cm³/mol. The molecule has 4 heteroatoms. The van der Waals surface area contributed by atoms with Crippen molar-refractivity contribution in [2.75, 3.05) is 16.8 Å². The third kappa shape index (κ3) is 3.07. The summed E-state index contributed by atoms with van der Waals surface area (Å²) < 4.78 is 0. The lowest BCUT2D eigenvalue weighted by Crippen LogP contribution is -2.27. The number of benzene rings is 2. The Hall–Kier alpha value is -2.88. The van der Waals surface area contributed by atoms with Crippen molar-refractivity contribution in [2.45, 2.75) is 25.9 Å². The molecule has 4 rings (SSSR count). The van der Waals surface area contributed by atoms with Crippen LogP contribution in [0.3, 0.4) is 0 Å². The molecule has 0 aliphatic carbocycles. The number of hydrogen-bond donors (Lipinski definition) is 0. The van der Waals surface area contributed by atoms with E-state index >= 15 is 0 Å². The van der Waals surface area contributed by atoms with Gasteiger partial charge in [-0.25, -0.2) is 4.98 Å². The average Bonchev–Trinajstić information content (AvgIpc) is 2.98. The first kappa shape index (κ1) is 15.6. The summed E-state index contributed by atoms with van der Waals surface area (Å²) >= 11 is 0. The molecule has 1 aliphatic heterocycles. The third-order valence-corrected chi connectivity index (χ3v) is 4.70. The maximum absolute atomic E-state index is 4.84. The van der Waals surface area contributed by atoms with Crippen LogP contribution in [0, 0.1) is 0 Å². The zero-order chi connectivity index (χ0) is 17.2. The summed E-state index contributed by atoms with van der Waals surface area (Å²) in [7, 11) is 2.07. The van der Waals surface area contributed by atoms with Gasteiger partial charge in [-0.2, -0.15) is 4.98 Å². The highest BCUT2D eigenvalue weighted by atomic mass is 15.3. The fourth-order valence-electron chi connectivity index (χ4n) is 3.48. The van der Waals surface area contributed by atoms with Crippen molar-refractivity contribution in [1.82, 2.24) is 9.97 Å². The number of anilines is 3. The second kappa shape index (κ2) is 6.55. The smallest absolute Gasteiger partial charge is 0.232 e.